The molecule has 0 aromatic heterocycles. The first kappa shape index (κ1) is 52.2. The number of anilines is 4. The van der Waals surface area contributed by atoms with Crippen molar-refractivity contribution in [2.24, 2.45) is 0 Å². The SMILES string of the molecule is CCCCCCCCCN(CCCCCCCC)c1ccc(C2C(O)C(c3ccc(N(CCCCCCCC)CCCCCCCC)cc3NC(C)=O)C2O)c(NC(C)=O)c1. The number of carbonyl (C=O) groups excluding carboxylic acids is 2. The molecule has 0 spiro atoms. The number of aliphatic hydroxyl groups excluding tert-OH is 2. The molecule has 0 aliphatic heterocycles. The number of carbonyl (C=O) groups is 2. The second-order valence-electron chi connectivity index (χ2n) is 18.3. The summed E-state index contributed by atoms with van der Waals surface area (Å²) in [6, 6.07) is 12.4. The third kappa shape index (κ3) is 18.6. The summed E-state index contributed by atoms with van der Waals surface area (Å²) in [6.45, 7) is 15.9. The monoisotopic (exact) mass is 847 g/mol. The van der Waals surface area contributed by atoms with Gasteiger partial charge < -0.3 is 30.6 Å². The predicted octanol–water partition coefficient (Wildman–Crippen LogP) is 13.7. The van der Waals surface area contributed by atoms with E-state index in [9.17, 15) is 19.8 Å². The maximum Gasteiger partial charge on any atom is 0.221 e. The zero-order valence-electron chi connectivity index (χ0n) is 39.9. The van der Waals surface area contributed by atoms with Crippen LogP contribution in [0.5, 0.6) is 0 Å². The fraction of sp³-hybridized carbons (Fsp3) is 0.736. The number of benzene rings is 2. The number of hydrogen-bond acceptors (Lipinski definition) is 6. The van der Waals surface area contributed by atoms with E-state index in [2.05, 4.69) is 72.4 Å². The molecule has 0 radical (unpaired) electrons. The summed E-state index contributed by atoms with van der Waals surface area (Å²) in [6.07, 6.45) is 29.3. The van der Waals surface area contributed by atoms with Crippen molar-refractivity contribution in [3.05, 3.63) is 47.5 Å². The molecule has 1 fully saturated rings. The van der Waals surface area contributed by atoms with Gasteiger partial charge in [-0.15, -0.1) is 0 Å². The van der Waals surface area contributed by atoms with Gasteiger partial charge in [0.2, 0.25) is 11.8 Å². The zero-order chi connectivity index (χ0) is 44.2. The highest BCUT2D eigenvalue weighted by atomic mass is 16.3. The summed E-state index contributed by atoms with van der Waals surface area (Å²) >= 11 is 0. The van der Waals surface area contributed by atoms with Crippen molar-refractivity contribution in [1.82, 2.24) is 0 Å². The summed E-state index contributed by atoms with van der Waals surface area (Å²) in [5.74, 6) is -1.53. The Morgan fingerprint density at radius 3 is 0.967 bits per heavy atom. The number of amides is 2. The van der Waals surface area contributed by atoms with Gasteiger partial charge in [0.1, 0.15) is 0 Å². The molecule has 1 aliphatic carbocycles. The van der Waals surface area contributed by atoms with Gasteiger partial charge in [-0.25, -0.2) is 0 Å². The van der Waals surface area contributed by atoms with Crippen molar-refractivity contribution in [3.63, 3.8) is 0 Å². The van der Waals surface area contributed by atoms with Crippen molar-refractivity contribution in [2.45, 2.75) is 226 Å². The number of hydrogen-bond donors (Lipinski definition) is 4. The molecular weight excluding hydrogens is 757 g/mol. The lowest BCUT2D eigenvalue weighted by atomic mass is 9.62. The van der Waals surface area contributed by atoms with Gasteiger partial charge in [-0.2, -0.15) is 0 Å². The summed E-state index contributed by atoms with van der Waals surface area (Å²) in [4.78, 5) is 30.2. The first-order chi connectivity index (χ1) is 29.7. The van der Waals surface area contributed by atoms with Crippen LogP contribution in [0, 0.1) is 0 Å². The Hall–Kier alpha value is -3.10. The van der Waals surface area contributed by atoms with Gasteiger partial charge in [0, 0.05) is 74.6 Å². The lowest BCUT2D eigenvalue weighted by Gasteiger charge is -2.48. The average molecular weight is 847 g/mol. The molecule has 2 unspecified atom stereocenters. The molecule has 8 nitrogen and oxygen atoms in total. The molecule has 0 bridgehead atoms. The largest absolute Gasteiger partial charge is 0.392 e. The highest BCUT2D eigenvalue weighted by Crippen LogP contribution is 2.52. The Balaban J connectivity index is 1.84. The van der Waals surface area contributed by atoms with Crippen molar-refractivity contribution >= 4 is 34.6 Å². The van der Waals surface area contributed by atoms with Gasteiger partial charge in [0.25, 0.3) is 0 Å². The van der Waals surface area contributed by atoms with Crippen LogP contribution in [0.3, 0.4) is 0 Å². The first-order valence-corrected chi connectivity index (χ1v) is 25.4. The third-order valence-corrected chi connectivity index (χ3v) is 13.0. The molecule has 2 atom stereocenters. The molecule has 346 valence electrons. The van der Waals surface area contributed by atoms with E-state index in [-0.39, 0.29) is 11.8 Å². The van der Waals surface area contributed by atoms with E-state index < -0.39 is 24.0 Å². The van der Waals surface area contributed by atoms with Crippen molar-refractivity contribution in [3.8, 4) is 0 Å². The van der Waals surface area contributed by atoms with E-state index in [1.165, 1.54) is 149 Å². The summed E-state index contributed by atoms with van der Waals surface area (Å²) in [5, 5.41) is 30.0. The topological polar surface area (TPSA) is 105 Å². The molecule has 0 heterocycles. The van der Waals surface area contributed by atoms with Gasteiger partial charge in [-0.1, -0.05) is 175 Å². The second kappa shape index (κ2) is 30.9. The van der Waals surface area contributed by atoms with Crippen LogP contribution in [0.1, 0.15) is 225 Å². The summed E-state index contributed by atoms with van der Waals surface area (Å²) < 4.78 is 0. The molecule has 3 rings (SSSR count). The highest BCUT2D eigenvalue weighted by molar-refractivity contribution is 5.91. The number of nitrogens with zero attached hydrogens (tertiary/aromatic N) is 2. The Morgan fingerprint density at radius 1 is 0.443 bits per heavy atom. The van der Waals surface area contributed by atoms with Crippen molar-refractivity contribution in [2.75, 3.05) is 46.6 Å². The normalized spacial score (nSPS) is 17.2. The fourth-order valence-electron chi connectivity index (χ4n) is 9.35. The van der Waals surface area contributed by atoms with Crippen LogP contribution in [-0.4, -0.2) is 60.4 Å². The van der Waals surface area contributed by atoms with Crippen LogP contribution < -0.4 is 20.4 Å². The third-order valence-electron chi connectivity index (χ3n) is 13.0. The quantitative estimate of drug-likeness (QED) is 0.0515. The van der Waals surface area contributed by atoms with Gasteiger partial charge in [0.15, 0.2) is 0 Å². The molecule has 8 heteroatoms. The Labute approximate surface area is 373 Å². The lowest BCUT2D eigenvalue weighted by Crippen LogP contribution is -2.52. The summed E-state index contributed by atoms with van der Waals surface area (Å²) in [7, 11) is 0. The van der Waals surface area contributed by atoms with Gasteiger partial charge in [0.05, 0.1) is 12.2 Å². The fourth-order valence-corrected chi connectivity index (χ4v) is 9.35. The van der Waals surface area contributed by atoms with Crippen molar-refractivity contribution in [1.29, 1.82) is 0 Å². The maximum absolute atomic E-state index is 12.6. The average Bonchev–Trinajstić information content (AvgIpc) is 3.23. The predicted molar refractivity (Wildman–Crippen MR) is 262 cm³/mol. The van der Waals surface area contributed by atoms with Gasteiger partial charge in [-0.05, 0) is 61.1 Å². The number of aliphatic hydroxyl groups is 2. The van der Waals surface area contributed by atoms with E-state index in [1.54, 1.807) is 0 Å². The van der Waals surface area contributed by atoms with Crippen LogP contribution in [0.2, 0.25) is 0 Å². The van der Waals surface area contributed by atoms with Crippen LogP contribution in [-0.2, 0) is 9.59 Å². The highest BCUT2D eigenvalue weighted by Gasteiger charge is 2.52. The van der Waals surface area contributed by atoms with E-state index in [4.69, 9.17) is 0 Å². The Bertz CT molecular complexity index is 1470. The summed E-state index contributed by atoms with van der Waals surface area (Å²) in [5.41, 5.74) is 4.92. The van der Waals surface area contributed by atoms with Gasteiger partial charge in [-0.3, -0.25) is 9.59 Å². The minimum atomic E-state index is -0.902. The minimum absolute atomic E-state index is 0.178. The minimum Gasteiger partial charge on any atom is -0.392 e. The molecule has 0 saturated heterocycles. The second-order valence-corrected chi connectivity index (χ2v) is 18.3. The first-order valence-electron chi connectivity index (χ1n) is 25.4. The smallest absolute Gasteiger partial charge is 0.221 e. The molecule has 2 aromatic rings. The van der Waals surface area contributed by atoms with E-state index >= 15 is 0 Å². The van der Waals surface area contributed by atoms with Crippen LogP contribution in [0.15, 0.2) is 36.4 Å². The molecule has 4 N–H and O–H groups in total. The standard InChI is InChI=1S/C53H90N4O4/c1-7-11-15-19-23-27-31-39-57(38-30-26-22-18-14-10-4)45-33-35-47(49(41-45)55-43(6)59)51-52(60)50(53(51)61)46-34-32-44(40-48(46)54-42(5)58)56(36-28-24-20-16-12-8-2)37-29-25-21-17-13-9-3/h32-35,40-41,50-53,60-61H,7-31,36-39H2,1-6H3,(H,54,58)(H,55,59). The Kier molecular flexibility index (Phi) is 26.4. The zero-order valence-corrected chi connectivity index (χ0v) is 39.9. The molecular formula is C53H90N4O4. The Morgan fingerprint density at radius 2 is 0.705 bits per heavy atom. The van der Waals surface area contributed by atoms with E-state index in [0.717, 1.165) is 74.4 Å². The van der Waals surface area contributed by atoms with Crippen LogP contribution >= 0.6 is 0 Å². The number of rotatable bonds is 35. The molecule has 2 amide bonds. The molecule has 61 heavy (non-hydrogen) atoms. The maximum atomic E-state index is 12.6. The lowest BCUT2D eigenvalue weighted by molar-refractivity contribution is -0.115. The van der Waals surface area contributed by atoms with Crippen LogP contribution in [0.25, 0.3) is 0 Å². The molecule has 1 aliphatic rings. The van der Waals surface area contributed by atoms with Crippen molar-refractivity contribution < 1.29 is 19.8 Å². The van der Waals surface area contributed by atoms with E-state index in [1.807, 2.05) is 12.1 Å². The number of nitrogens with one attached hydrogen (secondary N) is 2. The molecule has 1 saturated carbocycles. The van der Waals surface area contributed by atoms with Crippen LogP contribution in [0.4, 0.5) is 22.7 Å². The van der Waals surface area contributed by atoms with Gasteiger partial charge >= 0.3 is 0 Å². The van der Waals surface area contributed by atoms with E-state index in [0.29, 0.717) is 11.4 Å². The molecule has 2 aromatic carbocycles. The number of unbranched alkanes of at least 4 members (excludes halogenated alkanes) is 21.